The molecule has 5 heterocycles. The summed E-state index contributed by atoms with van der Waals surface area (Å²) in [5.41, 5.74) is 13.1. The molecule has 1 saturated heterocycles. The Labute approximate surface area is 509 Å². The lowest BCUT2D eigenvalue weighted by Crippen LogP contribution is -2.55. The van der Waals surface area contributed by atoms with Crippen molar-refractivity contribution < 1.29 is 47.7 Å². The number of aryl methyl sites for hydroxylation is 1. The van der Waals surface area contributed by atoms with Crippen LogP contribution in [0.2, 0.25) is 0 Å². The van der Waals surface area contributed by atoms with Gasteiger partial charge in [-0.15, -0.1) is 5.10 Å². The molecule has 0 spiro atoms. The van der Waals surface area contributed by atoms with Gasteiger partial charge in [-0.25, -0.2) is 24.4 Å². The lowest BCUT2D eigenvalue weighted by atomic mass is 9.89. The van der Waals surface area contributed by atoms with Crippen LogP contribution < -0.4 is 31.5 Å². The van der Waals surface area contributed by atoms with Crippen LogP contribution in [-0.2, 0) is 49.5 Å². The van der Waals surface area contributed by atoms with Crippen molar-refractivity contribution in [2.75, 3.05) is 89.7 Å². The number of hydrogen-bond donors (Lipinski definition) is 5. The number of carbonyl (C=O) groups is 6. The molecule has 0 unspecified atom stereocenters. The van der Waals surface area contributed by atoms with Gasteiger partial charge in [-0.1, -0.05) is 38.1 Å². The maximum absolute atomic E-state index is 14.0. The molecule has 2 aliphatic rings. The van der Waals surface area contributed by atoms with E-state index in [1.165, 1.54) is 0 Å². The van der Waals surface area contributed by atoms with E-state index in [-0.39, 0.29) is 104 Å². The molecule has 1 fully saturated rings. The van der Waals surface area contributed by atoms with Crippen LogP contribution in [0.1, 0.15) is 50.8 Å². The van der Waals surface area contributed by atoms with Crippen LogP contribution in [0.4, 0.5) is 27.8 Å². The van der Waals surface area contributed by atoms with Crippen molar-refractivity contribution >= 4 is 90.3 Å². The average molecular weight is 1290 g/mol. The number of quaternary nitrogens is 1. The fraction of sp³-hybridized carbons (Fsp3) is 0.383. The highest BCUT2D eigenvalue weighted by Crippen LogP contribution is 2.33. The number of anilines is 3. The van der Waals surface area contributed by atoms with E-state index in [1.807, 2.05) is 99.6 Å². The van der Waals surface area contributed by atoms with Crippen molar-refractivity contribution in [3.05, 3.63) is 130 Å². The molecular formula is C60H70Br2N13O10+. The molecule has 3 aromatic heterocycles. The smallest absolute Gasteiger partial charge is 0.312 e. The lowest BCUT2D eigenvalue weighted by Gasteiger charge is -2.41. The highest BCUT2D eigenvalue weighted by atomic mass is 79.9. The van der Waals surface area contributed by atoms with E-state index in [1.54, 1.807) is 23.4 Å². The molecule has 448 valence electrons. The topological polar surface area (TPSA) is 286 Å². The van der Waals surface area contributed by atoms with Gasteiger partial charge in [-0.2, -0.15) is 0 Å². The maximum atomic E-state index is 14.0. The summed E-state index contributed by atoms with van der Waals surface area (Å²) in [6, 6.07) is 28.1. The number of nitrogens with two attached hydrogens (primary N) is 1. The number of ketones is 1. The quantitative estimate of drug-likeness (QED) is 0.0162. The summed E-state index contributed by atoms with van der Waals surface area (Å²) in [6.07, 6.45) is 5.68. The molecule has 2 atom stereocenters. The monoisotopic (exact) mass is 1290 g/mol. The number of nitrogens with one attached hydrogen (secondary N) is 4. The number of primary amides is 1. The van der Waals surface area contributed by atoms with Crippen molar-refractivity contribution in [1.29, 1.82) is 0 Å². The molecule has 0 saturated carbocycles. The Morgan fingerprint density at radius 2 is 1.49 bits per heavy atom. The fourth-order valence-corrected chi connectivity index (χ4v) is 10.4. The Morgan fingerprint density at radius 1 is 0.800 bits per heavy atom. The zero-order valence-electron chi connectivity index (χ0n) is 47.6. The molecule has 85 heavy (non-hydrogen) atoms. The van der Waals surface area contributed by atoms with Gasteiger partial charge in [0, 0.05) is 77.5 Å². The minimum atomic E-state index is -0.859. The Morgan fingerprint density at radius 3 is 2.18 bits per heavy atom. The number of hydrogen-bond acceptors (Lipinski definition) is 16. The zero-order chi connectivity index (χ0) is 60.3. The number of carbonyl (C=O) groups excluding carboxylic acids is 6. The third-order valence-corrected chi connectivity index (χ3v) is 16.3. The van der Waals surface area contributed by atoms with Crippen molar-refractivity contribution in [1.82, 2.24) is 49.7 Å². The van der Waals surface area contributed by atoms with Crippen LogP contribution in [-0.4, -0.2) is 155 Å². The van der Waals surface area contributed by atoms with E-state index < -0.39 is 29.8 Å². The summed E-state index contributed by atoms with van der Waals surface area (Å²) in [4.78, 5) is 96.1. The van der Waals surface area contributed by atoms with Gasteiger partial charge in [0.2, 0.25) is 17.8 Å². The Balaban J connectivity index is 0.819. The predicted molar refractivity (Wildman–Crippen MR) is 327 cm³/mol. The molecule has 6 N–H and O–H groups in total. The molecule has 2 aliphatic heterocycles. The first kappa shape index (κ1) is 63.4. The van der Waals surface area contributed by atoms with Gasteiger partial charge in [0.25, 0.3) is 11.8 Å². The molecule has 8 rings (SSSR count). The summed E-state index contributed by atoms with van der Waals surface area (Å²) in [7, 11) is 0. The first-order chi connectivity index (χ1) is 41.0. The van der Waals surface area contributed by atoms with Crippen molar-refractivity contribution in [3.8, 4) is 28.3 Å². The van der Waals surface area contributed by atoms with Crippen LogP contribution >= 0.6 is 31.9 Å². The number of nitrogens with zero attached hydrogens (tertiary/aromatic N) is 8. The van der Waals surface area contributed by atoms with Crippen LogP contribution in [0, 0.1) is 18.8 Å². The lowest BCUT2D eigenvalue weighted by molar-refractivity contribution is -0.138. The number of urea groups is 1. The van der Waals surface area contributed by atoms with Crippen LogP contribution in [0.3, 0.4) is 0 Å². The number of morpholine rings is 1. The minimum Gasteiger partial charge on any atom is -0.379 e. The predicted octanol–water partition coefficient (Wildman–Crippen LogP) is 7.29. The number of halogens is 2. The van der Waals surface area contributed by atoms with Gasteiger partial charge >= 0.3 is 6.03 Å². The average Bonchev–Trinajstić information content (AvgIpc) is 2.90. The molecule has 23 nitrogen and oxygen atoms in total. The number of pyridine rings is 1. The van der Waals surface area contributed by atoms with Crippen LogP contribution in [0.15, 0.2) is 119 Å². The number of benzene rings is 3. The number of Topliss-reactive ketones (excluding diaryl/α,β-unsaturated/α-hetero) is 1. The van der Waals surface area contributed by atoms with Crippen molar-refractivity contribution in [2.24, 2.45) is 17.6 Å². The van der Waals surface area contributed by atoms with E-state index in [9.17, 15) is 28.8 Å². The minimum absolute atomic E-state index is 0.00369. The molecule has 0 bridgehead atoms. The molecule has 3 aromatic carbocycles. The third kappa shape index (κ3) is 17.9. The highest BCUT2D eigenvalue weighted by molar-refractivity contribution is 9.14. The van der Waals surface area contributed by atoms with E-state index in [2.05, 4.69) is 85.3 Å². The second kappa shape index (κ2) is 30.9. The van der Waals surface area contributed by atoms with Gasteiger partial charge in [-0.05, 0) is 118 Å². The number of aromatic nitrogens is 6. The second-order valence-electron chi connectivity index (χ2n) is 20.8. The third-order valence-electron chi connectivity index (χ3n) is 14.3. The first-order valence-corrected chi connectivity index (χ1v) is 29.6. The Kier molecular flexibility index (Phi) is 23.1. The number of rotatable bonds is 31. The summed E-state index contributed by atoms with van der Waals surface area (Å²) in [6.45, 7) is 10.4. The van der Waals surface area contributed by atoms with Gasteiger partial charge in [-0.3, -0.25) is 38.3 Å². The van der Waals surface area contributed by atoms with Crippen molar-refractivity contribution in [2.45, 2.75) is 59.0 Å². The van der Waals surface area contributed by atoms with Crippen LogP contribution in [0.5, 0.6) is 0 Å². The first-order valence-electron chi connectivity index (χ1n) is 28.1. The fourth-order valence-electron chi connectivity index (χ4n) is 9.68. The molecule has 25 heteroatoms. The van der Waals surface area contributed by atoms with Crippen LogP contribution in [0.25, 0.3) is 28.3 Å². The van der Waals surface area contributed by atoms with Gasteiger partial charge in [0.05, 0.1) is 76.8 Å². The zero-order valence-corrected chi connectivity index (χ0v) is 50.8. The Hall–Kier alpha value is -7.65. The molecule has 0 aliphatic carbocycles. The van der Waals surface area contributed by atoms with Gasteiger partial charge in [0.15, 0.2) is 11.6 Å². The Bertz CT molecular complexity index is 3280. The van der Waals surface area contributed by atoms with E-state index in [0.717, 1.165) is 63.1 Å². The molecule has 0 radical (unpaired) electrons. The second-order valence-corrected chi connectivity index (χ2v) is 22.4. The normalized spacial score (nSPS) is 14.8. The van der Waals surface area contributed by atoms with E-state index in [0.29, 0.717) is 48.1 Å². The largest absolute Gasteiger partial charge is 0.379 e. The summed E-state index contributed by atoms with van der Waals surface area (Å²) in [5.74, 6) is -1.92. The highest BCUT2D eigenvalue weighted by Gasteiger charge is 2.36. The van der Waals surface area contributed by atoms with Crippen molar-refractivity contribution in [3.63, 3.8) is 0 Å². The maximum Gasteiger partial charge on any atom is 0.312 e. The standard InChI is InChI=1S/C60H69Br2N13O10/c1-39(2)54(71-51(77)20-26-82-30-32-85-33-31-83-27-23-73-57(79)52(61)53(62)58(73)80)50(76)35-43(7-5-21-64-59(63)81)56(78)68-45-13-10-41(11-14-45)37-75(24-28-84-29-25-75)48-8-4-6-42(34-48)49-19-22-65-60(70-49)69-46-15-17-47(18-16-46)74-38-67-55(72-74)44-12-9-40(3)66-36-44/h4,6,8-19,22,34,36,38-39,43,54H,5,7,20-21,23-33,35,37H2,1-3H3,(H5-,63,64,65,68,69,70,71,77,78,81)/p+1/t43-,54+/m1/s1. The number of imide groups is 1. The van der Waals surface area contributed by atoms with E-state index >= 15 is 0 Å². The SMILES string of the molecule is Cc1ccc(-c2ncn(-c3ccc(Nc4nccc(-c5cccc([N+]6(Cc7ccc(NC(=O)[C@H](CCCNC(N)=O)CC(=O)[C@@H](NC(=O)CCOCCOCCOCCN8C(=O)C(Br)=C(Br)C8=O)C(C)C)cc7)CCOCC6)c5)n4)cc3)n2)cn1. The molecular weight excluding hydrogens is 1220 g/mol. The number of ether oxygens (including phenoxy) is 4. The molecule has 6 aromatic rings. The van der Waals surface area contributed by atoms with Gasteiger partial charge < -0.3 is 45.9 Å². The summed E-state index contributed by atoms with van der Waals surface area (Å²) >= 11 is 6.18. The van der Waals surface area contributed by atoms with Gasteiger partial charge in [0.1, 0.15) is 40.6 Å². The van der Waals surface area contributed by atoms with E-state index in [4.69, 9.17) is 29.7 Å². The summed E-state index contributed by atoms with van der Waals surface area (Å²) in [5, 5.41) is 16.4. The summed E-state index contributed by atoms with van der Waals surface area (Å²) < 4.78 is 25.2. The number of amides is 6. The molecule has 6 amide bonds.